The van der Waals surface area contributed by atoms with Crippen molar-refractivity contribution in [2.75, 3.05) is 24.7 Å². The van der Waals surface area contributed by atoms with Crippen LogP contribution in [0.15, 0.2) is 70.5 Å². The Kier molecular flexibility index (Phi) is 7.73. The maximum absolute atomic E-state index is 15.1. The summed E-state index contributed by atoms with van der Waals surface area (Å²) in [4.78, 5) is 14.1. The summed E-state index contributed by atoms with van der Waals surface area (Å²) < 4.78 is 44.3. The first kappa shape index (κ1) is 26.2. The van der Waals surface area contributed by atoms with Crippen LogP contribution in [0.4, 0.5) is 15.8 Å². The van der Waals surface area contributed by atoms with Crippen LogP contribution in [0, 0.1) is 5.82 Å². The summed E-state index contributed by atoms with van der Waals surface area (Å²) in [7, 11) is -2.29. The zero-order valence-corrected chi connectivity index (χ0v) is 22.1. The summed E-state index contributed by atoms with van der Waals surface area (Å²) in [6.07, 6.45) is 4.42. The number of likely N-dealkylation sites (N-methyl/N-ethyl adjacent to an activating group) is 1. The zero-order chi connectivity index (χ0) is 26.0. The number of carboxylic acids is 1. The van der Waals surface area contributed by atoms with E-state index < -0.39 is 21.8 Å². The summed E-state index contributed by atoms with van der Waals surface area (Å²) in [6.45, 7) is 2.57. The second-order valence-corrected chi connectivity index (χ2v) is 11.6. The molecule has 3 aromatic rings. The van der Waals surface area contributed by atoms with E-state index in [9.17, 15) is 18.3 Å². The van der Waals surface area contributed by atoms with Crippen molar-refractivity contribution in [3.8, 4) is 11.1 Å². The van der Waals surface area contributed by atoms with Crippen molar-refractivity contribution in [3.63, 3.8) is 0 Å². The molecule has 0 saturated carbocycles. The molecule has 4 rings (SSSR count). The lowest BCUT2D eigenvalue weighted by atomic mass is 10.0. The van der Waals surface area contributed by atoms with Gasteiger partial charge in [0.1, 0.15) is 10.7 Å². The number of hydrogen-bond donors (Lipinski definition) is 1. The monoisotopic (exact) mass is 528 g/mol. The molecule has 6 nitrogen and oxygen atoms in total. The molecule has 0 amide bonds. The van der Waals surface area contributed by atoms with Crippen LogP contribution in [0.2, 0.25) is 0 Å². The fraction of sp³-hybridized carbons (Fsp3) is 0.296. The molecule has 0 aliphatic carbocycles. The number of carboxylic acid groups (broad SMARTS) is 1. The molecule has 1 atom stereocenters. The molecule has 1 aliphatic rings. The predicted octanol–water partition coefficient (Wildman–Crippen LogP) is 6.24. The van der Waals surface area contributed by atoms with E-state index in [0.717, 1.165) is 31.0 Å². The van der Waals surface area contributed by atoms with E-state index in [1.807, 2.05) is 41.5 Å². The van der Waals surface area contributed by atoms with Gasteiger partial charge in [0.25, 0.3) is 0 Å². The van der Waals surface area contributed by atoms with Crippen molar-refractivity contribution >= 4 is 39.1 Å². The van der Waals surface area contributed by atoms with Crippen molar-refractivity contribution in [2.45, 2.75) is 42.0 Å². The minimum absolute atomic E-state index is 0.0994. The molecule has 1 aliphatic heterocycles. The third-order valence-corrected chi connectivity index (χ3v) is 9.32. The van der Waals surface area contributed by atoms with Gasteiger partial charge in [0.2, 0.25) is 10.0 Å². The fourth-order valence-electron chi connectivity index (χ4n) is 4.55. The molecular formula is C27H29FN2O4S2. The largest absolute Gasteiger partial charge is 0.478 e. The number of aromatic carboxylic acids is 1. The van der Waals surface area contributed by atoms with E-state index in [-0.39, 0.29) is 22.1 Å². The highest BCUT2D eigenvalue weighted by Gasteiger charge is 2.37. The molecular weight excluding hydrogens is 499 g/mol. The molecule has 1 unspecified atom stereocenters. The standard InChI is InChI=1S/C27H29FN2O4S2/c1-4-5-9-20-17-30(19-10-7-6-8-11-19)24-16-25(35-3)22(15-26(24)36(33,34)29(20)2)21-13-12-18(27(31)32)14-23(21)28/h6-8,10-16,20H,4-5,9,17H2,1-3H3,(H,31,32). The Morgan fingerprint density at radius 1 is 1.11 bits per heavy atom. The maximum atomic E-state index is 15.1. The SMILES string of the molecule is CCCCC1CN(c2ccccc2)c2cc(SC)c(-c3ccc(C(=O)O)cc3F)cc2S(=O)(=O)N1C. The Bertz CT molecular complexity index is 1380. The van der Waals surface area contributed by atoms with Crippen LogP contribution >= 0.6 is 11.8 Å². The summed E-state index contributed by atoms with van der Waals surface area (Å²) in [5.74, 6) is -1.95. The topological polar surface area (TPSA) is 77.9 Å². The predicted molar refractivity (Wildman–Crippen MR) is 142 cm³/mol. The number of halogens is 1. The lowest BCUT2D eigenvalue weighted by Gasteiger charge is -2.29. The summed E-state index contributed by atoms with van der Waals surface area (Å²) >= 11 is 1.38. The van der Waals surface area contributed by atoms with Gasteiger partial charge in [-0.15, -0.1) is 11.8 Å². The number of rotatable bonds is 7. The quantitative estimate of drug-likeness (QED) is 0.366. The molecule has 9 heteroatoms. The molecule has 0 fully saturated rings. The number of nitrogens with zero attached hydrogens (tertiary/aromatic N) is 2. The van der Waals surface area contributed by atoms with Crippen LogP contribution in [0.1, 0.15) is 36.5 Å². The van der Waals surface area contributed by atoms with Gasteiger partial charge < -0.3 is 10.0 Å². The minimum atomic E-state index is -3.90. The molecule has 0 spiro atoms. The molecule has 1 heterocycles. The molecule has 0 saturated heterocycles. The van der Waals surface area contributed by atoms with Crippen molar-refractivity contribution in [2.24, 2.45) is 0 Å². The van der Waals surface area contributed by atoms with Crippen LogP contribution < -0.4 is 4.90 Å². The Morgan fingerprint density at radius 3 is 2.44 bits per heavy atom. The van der Waals surface area contributed by atoms with Gasteiger partial charge in [0, 0.05) is 35.8 Å². The van der Waals surface area contributed by atoms with Gasteiger partial charge in [0.15, 0.2) is 0 Å². The van der Waals surface area contributed by atoms with Crippen molar-refractivity contribution in [1.29, 1.82) is 0 Å². The lowest BCUT2D eigenvalue weighted by Crippen LogP contribution is -2.40. The average molecular weight is 529 g/mol. The smallest absolute Gasteiger partial charge is 0.335 e. The van der Waals surface area contributed by atoms with Gasteiger partial charge in [-0.05, 0) is 54.6 Å². The zero-order valence-electron chi connectivity index (χ0n) is 20.4. The highest BCUT2D eigenvalue weighted by Crippen LogP contribution is 2.44. The van der Waals surface area contributed by atoms with Gasteiger partial charge in [-0.3, -0.25) is 0 Å². The van der Waals surface area contributed by atoms with E-state index in [0.29, 0.717) is 22.7 Å². The van der Waals surface area contributed by atoms with E-state index >= 15 is 4.39 Å². The van der Waals surface area contributed by atoms with Crippen molar-refractivity contribution in [1.82, 2.24) is 4.31 Å². The van der Waals surface area contributed by atoms with Crippen molar-refractivity contribution < 1.29 is 22.7 Å². The number of fused-ring (bicyclic) bond motifs is 1. The van der Waals surface area contributed by atoms with Crippen LogP contribution in [0.5, 0.6) is 0 Å². The van der Waals surface area contributed by atoms with Gasteiger partial charge in [-0.1, -0.05) is 44.0 Å². The first-order chi connectivity index (χ1) is 17.2. The van der Waals surface area contributed by atoms with Gasteiger partial charge >= 0.3 is 5.97 Å². The van der Waals surface area contributed by atoms with E-state index in [1.54, 1.807) is 13.1 Å². The summed E-state index contributed by atoms with van der Waals surface area (Å²) in [5, 5.41) is 9.22. The average Bonchev–Trinajstić information content (AvgIpc) is 2.95. The Labute approximate surface area is 215 Å². The van der Waals surface area contributed by atoms with E-state index in [1.165, 1.54) is 34.3 Å². The van der Waals surface area contributed by atoms with Crippen LogP contribution in [0.3, 0.4) is 0 Å². The first-order valence-electron chi connectivity index (χ1n) is 11.7. The maximum Gasteiger partial charge on any atom is 0.335 e. The third kappa shape index (κ3) is 4.87. The number of hydrogen-bond acceptors (Lipinski definition) is 5. The minimum Gasteiger partial charge on any atom is -0.478 e. The molecule has 1 N–H and O–H groups in total. The number of sulfonamides is 1. The number of benzene rings is 3. The highest BCUT2D eigenvalue weighted by molar-refractivity contribution is 7.98. The summed E-state index contributed by atoms with van der Waals surface area (Å²) in [5.41, 5.74) is 1.82. The molecule has 190 valence electrons. The van der Waals surface area contributed by atoms with Gasteiger partial charge in [0.05, 0.1) is 11.3 Å². The molecule has 3 aromatic carbocycles. The third-order valence-electron chi connectivity index (χ3n) is 6.60. The highest BCUT2D eigenvalue weighted by atomic mass is 32.2. The van der Waals surface area contributed by atoms with Gasteiger partial charge in [-0.2, -0.15) is 4.31 Å². The van der Waals surface area contributed by atoms with E-state index in [4.69, 9.17) is 0 Å². The first-order valence-corrected chi connectivity index (χ1v) is 14.4. The Morgan fingerprint density at radius 2 is 1.83 bits per heavy atom. The molecule has 0 radical (unpaired) electrons. The fourth-order valence-corrected chi connectivity index (χ4v) is 6.75. The van der Waals surface area contributed by atoms with Crippen LogP contribution in [-0.2, 0) is 10.0 Å². The van der Waals surface area contributed by atoms with E-state index in [2.05, 4.69) is 6.92 Å². The van der Waals surface area contributed by atoms with Crippen LogP contribution in [-0.4, -0.2) is 49.7 Å². The second kappa shape index (κ2) is 10.6. The second-order valence-electron chi connectivity index (χ2n) is 8.78. The normalized spacial score (nSPS) is 17.4. The van der Waals surface area contributed by atoms with Crippen LogP contribution in [0.25, 0.3) is 11.1 Å². The van der Waals surface area contributed by atoms with Crippen molar-refractivity contribution in [3.05, 3.63) is 72.0 Å². The summed E-state index contributed by atoms with van der Waals surface area (Å²) in [6, 6.07) is 16.4. The number of carbonyl (C=O) groups is 1. The Hall–Kier alpha value is -2.88. The molecule has 36 heavy (non-hydrogen) atoms. The number of anilines is 2. The lowest BCUT2D eigenvalue weighted by molar-refractivity contribution is 0.0696. The molecule has 0 bridgehead atoms. The molecule has 0 aromatic heterocycles. The van der Waals surface area contributed by atoms with Gasteiger partial charge in [-0.25, -0.2) is 17.6 Å². The Balaban J connectivity index is 1.97. The number of unbranched alkanes of at least 4 members (excludes halogenated alkanes) is 1. The number of thioether (sulfide) groups is 1. The number of para-hydroxylation sites is 1.